The van der Waals surface area contributed by atoms with Crippen LogP contribution in [0, 0.1) is 5.41 Å². The van der Waals surface area contributed by atoms with Crippen molar-refractivity contribution >= 4 is 0 Å². The average molecular weight is 254 g/mol. The second-order valence-corrected chi connectivity index (χ2v) is 6.58. The fraction of sp³-hybridized carbons (Fsp3) is 1.00. The van der Waals surface area contributed by atoms with Gasteiger partial charge in [0.2, 0.25) is 0 Å². The zero-order valence-electron chi connectivity index (χ0n) is 12.4. The van der Waals surface area contributed by atoms with E-state index in [0.717, 1.165) is 12.6 Å². The van der Waals surface area contributed by atoms with Crippen LogP contribution in [0.2, 0.25) is 0 Å². The summed E-state index contributed by atoms with van der Waals surface area (Å²) in [5, 5.41) is 3.76. The molecule has 2 rings (SSSR count). The third-order valence-corrected chi connectivity index (χ3v) is 4.75. The third kappa shape index (κ3) is 3.94. The molecule has 2 saturated carbocycles. The Morgan fingerprint density at radius 3 is 2.56 bits per heavy atom. The summed E-state index contributed by atoms with van der Waals surface area (Å²) in [5.41, 5.74) is 0.527. The van der Waals surface area contributed by atoms with Crippen molar-refractivity contribution in [2.24, 2.45) is 5.41 Å². The van der Waals surface area contributed by atoms with Crippen LogP contribution in [0.4, 0.5) is 0 Å². The van der Waals surface area contributed by atoms with Crippen LogP contribution in [0.25, 0.3) is 0 Å². The molecule has 1 atom stereocenters. The number of hydrogen-bond acceptors (Lipinski definition) is 3. The van der Waals surface area contributed by atoms with Gasteiger partial charge in [-0.15, -0.1) is 0 Å². The Balaban J connectivity index is 1.83. The van der Waals surface area contributed by atoms with Gasteiger partial charge in [0.1, 0.15) is 0 Å². The van der Waals surface area contributed by atoms with E-state index >= 15 is 0 Å². The van der Waals surface area contributed by atoms with Gasteiger partial charge in [0.05, 0.1) is 6.61 Å². The van der Waals surface area contributed by atoms with Crippen LogP contribution in [-0.4, -0.2) is 50.8 Å². The Morgan fingerprint density at radius 2 is 2.00 bits per heavy atom. The lowest BCUT2D eigenvalue weighted by Crippen LogP contribution is -2.45. The van der Waals surface area contributed by atoms with E-state index in [1.54, 1.807) is 7.11 Å². The highest BCUT2D eigenvalue weighted by atomic mass is 16.5. The lowest BCUT2D eigenvalue weighted by atomic mass is 9.85. The van der Waals surface area contributed by atoms with Gasteiger partial charge in [-0.2, -0.15) is 0 Å². The molecule has 0 saturated heterocycles. The number of hydrogen-bond donors (Lipinski definition) is 1. The summed E-state index contributed by atoms with van der Waals surface area (Å²) in [6.07, 6.45) is 8.42. The Morgan fingerprint density at radius 1 is 1.33 bits per heavy atom. The molecule has 0 aromatic rings. The van der Waals surface area contributed by atoms with Crippen LogP contribution in [-0.2, 0) is 4.74 Å². The quantitative estimate of drug-likeness (QED) is 0.719. The maximum atomic E-state index is 5.27. The van der Waals surface area contributed by atoms with Crippen molar-refractivity contribution in [3.63, 3.8) is 0 Å². The first-order valence-electron chi connectivity index (χ1n) is 7.58. The highest BCUT2D eigenvalue weighted by Crippen LogP contribution is 2.39. The minimum atomic E-state index is 0.522. The van der Waals surface area contributed by atoms with Crippen LogP contribution in [0.15, 0.2) is 0 Å². The third-order valence-electron chi connectivity index (χ3n) is 4.75. The summed E-state index contributed by atoms with van der Waals surface area (Å²) in [7, 11) is 4.05. The molecule has 0 radical (unpaired) electrons. The van der Waals surface area contributed by atoms with Crippen LogP contribution >= 0.6 is 0 Å². The molecule has 0 amide bonds. The molecule has 2 aliphatic rings. The summed E-state index contributed by atoms with van der Waals surface area (Å²) in [6, 6.07) is 1.36. The molecule has 1 unspecified atom stereocenters. The average Bonchev–Trinajstić information content (AvgIpc) is 3.08. The second-order valence-electron chi connectivity index (χ2n) is 6.58. The van der Waals surface area contributed by atoms with Gasteiger partial charge in [-0.3, -0.25) is 0 Å². The molecule has 1 N–H and O–H groups in total. The molecule has 18 heavy (non-hydrogen) atoms. The van der Waals surface area contributed by atoms with Crippen LogP contribution in [0.1, 0.15) is 45.4 Å². The molecule has 3 heteroatoms. The van der Waals surface area contributed by atoms with Crippen molar-refractivity contribution in [1.29, 1.82) is 0 Å². The maximum Gasteiger partial charge on any atom is 0.0615 e. The Labute approximate surface area is 112 Å². The normalized spacial score (nSPS) is 24.7. The molecule has 0 spiro atoms. The van der Waals surface area contributed by atoms with Gasteiger partial charge in [0.25, 0.3) is 0 Å². The first kappa shape index (κ1) is 14.3. The van der Waals surface area contributed by atoms with Crippen LogP contribution in [0.3, 0.4) is 0 Å². The van der Waals surface area contributed by atoms with E-state index in [-0.39, 0.29) is 0 Å². The smallest absolute Gasteiger partial charge is 0.0615 e. The van der Waals surface area contributed by atoms with Gasteiger partial charge in [-0.25, -0.2) is 0 Å². The molecule has 0 aromatic heterocycles. The predicted molar refractivity (Wildman–Crippen MR) is 75.9 cm³/mol. The number of methoxy groups -OCH3 is 1. The van der Waals surface area contributed by atoms with Gasteiger partial charge in [-0.1, -0.05) is 12.8 Å². The largest absolute Gasteiger partial charge is 0.383 e. The van der Waals surface area contributed by atoms with Crippen molar-refractivity contribution in [1.82, 2.24) is 10.2 Å². The van der Waals surface area contributed by atoms with Crippen LogP contribution < -0.4 is 5.32 Å². The summed E-state index contributed by atoms with van der Waals surface area (Å²) < 4.78 is 5.27. The number of ether oxygens (including phenoxy) is 1. The predicted octanol–water partition coefficient (Wildman–Crippen LogP) is 2.27. The minimum absolute atomic E-state index is 0.522. The van der Waals surface area contributed by atoms with E-state index in [1.165, 1.54) is 51.6 Å². The lowest BCUT2D eigenvalue weighted by Gasteiger charge is -2.36. The monoisotopic (exact) mass is 254 g/mol. The first-order chi connectivity index (χ1) is 8.65. The Hall–Kier alpha value is -0.120. The standard InChI is InChI=1S/C15H30N2O/c1-13(10-18-3)17(2)12-15(8-4-5-9-15)11-16-14-6-7-14/h13-14,16H,4-12H2,1-3H3. The molecule has 0 bridgehead atoms. The maximum absolute atomic E-state index is 5.27. The van der Waals surface area contributed by atoms with Crippen molar-refractivity contribution < 1.29 is 4.74 Å². The van der Waals surface area contributed by atoms with Gasteiger partial charge in [0, 0.05) is 32.3 Å². The zero-order valence-corrected chi connectivity index (χ0v) is 12.4. The number of nitrogens with one attached hydrogen (secondary N) is 1. The van der Waals surface area contributed by atoms with Crippen molar-refractivity contribution in [2.45, 2.75) is 57.5 Å². The van der Waals surface area contributed by atoms with E-state index in [1.807, 2.05) is 0 Å². The molecule has 0 aromatic carbocycles. The van der Waals surface area contributed by atoms with E-state index in [0.29, 0.717) is 11.5 Å². The van der Waals surface area contributed by atoms with Crippen LogP contribution in [0.5, 0.6) is 0 Å². The van der Waals surface area contributed by atoms with Crippen molar-refractivity contribution in [2.75, 3.05) is 33.9 Å². The highest BCUT2D eigenvalue weighted by molar-refractivity contribution is 4.92. The summed E-state index contributed by atoms with van der Waals surface area (Å²) >= 11 is 0. The summed E-state index contributed by atoms with van der Waals surface area (Å²) in [4.78, 5) is 2.49. The Bertz CT molecular complexity index is 247. The van der Waals surface area contributed by atoms with Gasteiger partial charge in [0.15, 0.2) is 0 Å². The van der Waals surface area contributed by atoms with Crippen molar-refractivity contribution in [3.05, 3.63) is 0 Å². The van der Waals surface area contributed by atoms with E-state index in [4.69, 9.17) is 4.74 Å². The summed E-state index contributed by atoms with van der Waals surface area (Å²) in [5.74, 6) is 0. The van der Waals surface area contributed by atoms with E-state index < -0.39 is 0 Å². The molecule has 2 aliphatic carbocycles. The number of rotatable bonds is 8. The SMILES string of the molecule is COCC(C)N(C)CC1(CNC2CC2)CCCC1. The molecule has 0 aliphatic heterocycles. The molecular weight excluding hydrogens is 224 g/mol. The number of nitrogens with zero attached hydrogens (tertiary/aromatic N) is 1. The molecule has 106 valence electrons. The Kier molecular flexibility index (Phi) is 5.05. The first-order valence-corrected chi connectivity index (χ1v) is 7.58. The summed E-state index contributed by atoms with van der Waals surface area (Å²) in [6.45, 7) is 5.54. The van der Waals surface area contributed by atoms with Gasteiger partial charge < -0.3 is 15.0 Å². The van der Waals surface area contributed by atoms with Gasteiger partial charge >= 0.3 is 0 Å². The highest BCUT2D eigenvalue weighted by Gasteiger charge is 2.36. The minimum Gasteiger partial charge on any atom is -0.383 e. The number of likely N-dealkylation sites (N-methyl/N-ethyl adjacent to an activating group) is 1. The lowest BCUT2D eigenvalue weighted by molar-refractivity contribution is 0.0810. The fourth-order valence-corrected chi connectivity index (χ4v) is 3.22. The second kappa shape index (κ2) is 6.36. The van der Waals surface area contributed by atoms with E-state index in [9.17, 15) is 0 Å². The van der Waals surface area contributed by atoms with Crippen molar-refractivity contribution in [3.8, 4) is 0 Å². The zero-order chi connectivity index (χ0) is 13.0. The topological polar surface area (TPSA) is 24.5 Å². The fourth-order valence-electron chi connectivity index (χ4n) is 3.22. The molecular formula is C15H30N2O. The molecule has 0 heterocycles. The molecule has 2 fully saturated rings. The van der Waals surface area contributed by atoms with Gasteiger partial charge in [-0.05, 0) is 45.1 Å². The molecule has 3 nitrogen and oxygen atoms in total. The van der Waals surface area contributed by atoms with E-state index in [2.05, 4.69) is 24.2 Å².